The second kappa shape index (κ2) is 8.63. The molecule has 2 aliphatic heterocycles. The fraction of sp³-hybridized carbons (Fsp3) is 0.591. The third-order valence-electron chi connectivity index (χ3n) is 6.40. The number of ether oxygens (including phenoxy) is 1. The molecule has 0 aliphatic carbocycles. The van der Waals surface area contributed by atoms with Gasteiger partial charge in [0.15, 0.2) is 0 Å². The molecule has 1 saturated heterocycles. The van der Waals surface area contributed by atoms with Gasteiger partial charge < -0.3 is 14.6 Å². The summed E-state index contributed by atoms with van der Waals surface area (Å²) in [6.07, 6.45) is 4.34. The van der Waals surface area contributed by atoms with Gasteiger partial charge in [-0.1, -0.05) is 29.8 Å². The Labute approximate surface area is 172 Å². The normalized spacial score (nSPS) is 18.6. The number of hydrogen-bond acceptors (Lipinski definition) is 5. The Hall–Kier alpha value is -2.25. The van der Waals surface area contributed by atoms with Gasteiger partial charge in [-0.15, -0.1) is 10.2 Å². The number of likely N-dealkylation sites (tertiary alicyclic amines) is 1. The fourth-order valence-electron chi connectivity index (χ4n) is 4.65. The van der Waals surface area contributed by atoms with Crippen LogP contribution in [0.3, 0.4) is 0 Å². The Morgan fingerprint density at radius 1 is 1.24 bits per heavy atom. The van der Waals surface area contributed by atoms with E-state index in [1.807, 2.05) is 0 Å². The van der Waals surface area contributed by atoms with Gasteiger partial charge in [-0.05, 0) is 50.3 Å². The molecule has 29 heavy (non-hydrogen) atoms. The summed E-state index contributed by atoms with van der Waals surface area (Å²) in [4.78, 5) is 15.1. The molecule has 0 unspecified atom stereocenters. The van der Waals surface area contributed by atoms with E-state index >= 15 is 0 Å². The van der Waals surface area contributed by atoms with Crippen molar-refractivity contribution < 1.29 is 9.53 Å². The second-order valence-corrected chi connectivity index (χ2v) is 8.54. The molecule has 1 amide bonds. The zero-order valence-corrected chi connectivity index (χ0v) is 17.5. The van der Waals surface area contributed by atoms with Gasteiger partial charge in [0.05, 0.1) is 6.61 Å². The zero-order valence-electron chi connectivity index (χ0n) is 17.5. The Morgan fingerprint density at radius 2 is 2.07 bits per heavy atom. The molecule has 7 heteroatoms. The molecule has 0 saturated carbocycles. The van der Waals surface area contributed by atoms with Crippen LogP contribution in [0.25, 0.3) is 0 Å². The summed E-state index contributed by atoms with van der Waals surface area (Å²) in [5.41, 5.74) is 2.96. The lowest BCUT2D eigenvalue weighted by atomic mass is 9.73. The van der Waals surface area contributed by atoms with Gasteiger partial charge in [0.2, 0.25) is 5.82 Å². The number of hydrogen-bond donors (Lipinski definition) is 1. The minimum absolute atomic E-state index is 0.158. The summed E-state index contributed by atoms with van der Waals surface area (Å²) >= 11 is 0. The van der Waals surface area contributed by atoms with Gasteiger partial charge in [-0.25, -0.2) is 0 Å². The number of nitrogens with one attached hydrogen (secondary N) is 1. The number of fused-ring (bicyclic) bond motifs is 1. The van der Waals surface area contributed by atoms with Gasteiger partial charge in [-0.3, -0.25) is 9.69 Å². The molecule has 1 N–H and O–H groups in total. The second-order valence-electron chi connectivity index (χ2n) is 8.54. The lowest BCUT2D eigenvalue weighted by molar-refractivity contribution is 0.0617. The van der Waals surface area contributed by atoms with Crippen molar-refractivity contribution in [1.82, 2.24) is 25.0 Å². The minimum atomic E-state index is -0.158. The van der Waals surface area contributed by atoms with E-state index in [1.165, 1.54) is 11.1 Å². The molecule has 1 aromatic heterocycles. The topological polar surface area (TPSA) is 72.3 Å². The van der Waals surface area contributed by atoms with E-state index in [0.29, 0.717) is 19.0 Å². The fourth-order valence-corrected chi connectivity index (χ4v) is 4.65. The molecule has 0 bridgehead atoms. The molecule has 1 fully saturated rings. The van der Waals surface area contributed by atoms with Crippen LogP contribution in [0.15, 0.2) is 24.3 Å². The van der Waals surface area contributed by atoms with Gasteiger partial charge in [0.25, 0.3) is 5.91 Å². The maximum atomic E-state index is 12.5. The first-order valence-corrected chi connectivity index (χ1v) is 10.6. The number of aromatic nitrogens is 3. The van der Waals surface area contributed by atoms with Crippen LogP contribution in [-0.2, 0) is 24.2 Å². The molecule has 1 aromatic carbocycles. The summed E-state index contributed by atoms with van der Waals surface area (Å²) in [5, 5.41) is 11.3. The van der Waals surface area contributed by atoms with Crippen molar-refractivity contribution in [3.05, 3.63) is 47.0 Å². The van der Waals surface area contributed by atoms with E-state index in [0.717, 1.165) is 57.7 Å². The minimum Gasteiger partial charge on any atom is -0.383 e. The van der Waals surface area contributed by atoms with Crippen LogP contribution < -0.4 is 5.32 Å². The van der Waals surface area contributed by atoms with E-state index in [1.54, 1.807) is 7.11 Å². The van der Waals surface area contributed by atoms with Gasteiger partial charge in [0, 0.05) is 33.2 Å². The van der Waals surface area contributed by atoms with Crippen molar-refractivity contribution in [1.29, 1.82) is 0 Å². The van der Waals surface area contributed by atoms with E-state index < -0.39 is 0 Å². The maximum Gasteiger partial charge on any atom is 0.289 e. The highest BCUT2D eigenvalue weighted by atomic mass is 16.5. The summed E-state index contributed by atoms with van der Waals surface area (Å²) in [6, 6.07) is 8.79. The van der Waals surface area contributed by atoms with Gasteiger partial charge >= 0.3 is 0 Å². The number of benzene rings is 1. The average molecular weight is 398 g/mol. The quantitative estimate of drug-likeness (QED) is 0.757. The molecule has 156 valence electrons. The van der Waals surface area contributed by atoms with E-state index in [9.17, 15) is 4.79 Å². The van der Waals surface area contributed by atoms with Crippen molar-refractivity contribution >= 4 is 5.91 Å². The van der Waals surface area contributed by atoms with Crippen LogP contribution in [0.4, 0.5) is 0 Å². The number of nitrogens with zero attached hydrogens (tertiary/aromatic N) is 4. The van der Waals surface area contributed by atoms with Crippen molar-refractivity contribution in [3.63, 3.8) is 0 Å². The highest BCUT2D eigenvalue weighted by molar-refractivity contribution is 5.90. The zero-order chi connectivity index (χ0) is 20.3. The summed E-state index contributed by atoms with van der Waals surface area (Å²) in [7, 11) is 1.63. The molecular formula is C22H31N5O2. The lowest BCUT2D eigenvalue weighted by Gasteiger charge is -2.44. The van der Waals surface area contributed by atoms with Crippen LogP contribution in [-0.4, -0.2) is 58.9 Å². The first-order valence-electron chi connectivity index (χ1n) is 10.6. The van der Waals surface area contributed by atoms with Crippen LogP contribution >= 0.6 is 0 Å². The molecule has 3 heterocycles. The largest absolute Gasteiger partial charge is 0.383 e. The van der Waals surface area contributed by atoms with Crippen molar-refractivity contribution in [2.75, 3.05) is 33.4 Å². The first kappa shape index (κ1) is 20.0. The lowest BCUT2D eigenvalue weighted by Crippen LogP contribution is -2.45. The standard InChI is InChI=1S/C22H31N5O2/c1-17-4-3-5-18(14-17)15-26-11-8-22(9-12-26)7-6-19-24-25-20(27(19)16-22)21(28)23-10-13-29-2/h3-5,14H,6-13,15-16H2,1-2H3,(H,23,28). The molecule has 1 spiro atoms. The monoisotopic (exact) mass is 397 g/mol. The van der Waals surface area contributed by atoms with Crippen LogP contribution in [0.5, 0.6) is 0 Å². The Bertz CT molecular complexity index is 855. The number of aryl methyl sites for hydroxylation is 2. The highest BCUT2D eigenvalue weighted by Crippen LogP contribution is 2.41. The number of piperidine rings is 1. The highest BCUT2D eigenvalue weighted by Gasteiger charge is 2.39. The predicted octanol–water partition coefficient (Wildman–Crippen LogP) is 2.19. The molecule has 0 atom stereocenters. The van der Waals surface area contributed by atoms with Gasteiger partial charge in [0.1, 0.15) is 5.82 Å². The number of amides is 1. The van der Waals surface area contributed by atoms with E-state index in [-0.39, 0.29) is 11.3 Å². The Kier molecular flexibility index (Phi) is 5.96. The molecule has 2 aromatic rings. The third kappa shape index (κ3) is 4.51. The van der Waals surface area contributed by atoms with Crippen LogP contribution in [0, 0.1) is 12.3 Å². The maximum absolute atomic E-state index is 12.5. The van der Waals surface area contributed by atoms with Gasteiger partial charge in [-0.2, -0.15) is 0 Å². The summed E-state index contributed by atoms with van der Waals surface area (Å²) in [6.45, 7) is 7.19. The number of carbonyl (C=O) groups is 1. The molecular weight excluding hydrogens is 366 g/mol. The molecule has 2 aliphatic rings. The average Bonchev–Trinajstić information content (AvgIpc) is 3.13. The third-order valence-corrected chi connectivity index (χ3v) is 6.40. The summed E-state index contributed by atoms with van der Waals surface area (Å²) < 4.78 is 7.07. The van der Waals surface area contributed by atoms with Crippen molar-refractivity contribution in [3.8, 4) is 0 Å². The van der Waals surface area contributed by atoms with Crippen LogP contribution in [0.1, 0.15) is 46.8 Å². The molecule has 7 nitrogen and oxygen atoms in total. The van der Waals surface area contributed by atoms with Crippen molar-refractivity contribution in [2.45, 2.75) is 45.7 Å². The Morgan fingerprint density at radius 3 is 2.83 bits per heavy atom. The number of carbonyl (C=O) groups excluding carboxylic acids is 1. The van der Waals surface area contributed by atoms with E-state index in [2.05, 4.69) is 56.2 Å². The predicted molar refractivity (Wildman–Crippen MR) is 111 cm³/mol. The first-order chi connectivity index (χ1) is 14.1. The SMILES string of the molecule is COCCNC(=O)c1nnc2n1CC1(CC2)CCN(Cc2cccc(C)c2)CC1. The number of methoxy groups -OCH3 is 1. The smallest absolute Gasteiger partial charge is 0.289 e. The number of rotatable bonds is 6. The Balaban J connectivity index is 1.38. The molecule has 0 radical (unpaired) electrons. The van der Waals surface area contributed by atoms with Crippen LogP contribution in [0.2, 0.25) is 0 Å². The summed E-state index contributed by atoms with van der Waals surface area (Å²) in [5.74, 6) is 1.22. The van der Waals surface area contributed by atoms with Crippen molar-refractivity contribution in [2.24, 2.45) is 5.41 Å². The molecule has 4 rings (SSSR count). The van der Waals surface area contributed by atoms with E-state index in [4.69, 9.17) is 4.74 Å².